The molecule has 0 bridgehead atoms. The maximum atomic E-state index is 12.7. The lowest BCUT2D eigenvalue weighted by Gasteiger charge is -2.19. The molecule has 0 heterocycles. The van der Waals surface area contributed by atoms with E-state index in [1.807, 2.05) is 30.3 Å². The zero-order chi connectivity index (χ0) is 16.7. The summed E-state index contributed by atoms with van der Waals surface area (Å²) in [6.45, 7) is 0. The molecule has 0 aliphatic heterocycles. The molecule has 0 saturated heterocycles. The summed E-state index contributed by atoms with van der Waals surface area (Å²) in [4.78, 5) is 27.1. The first-order chi connectivity index (χ1) is 11.6. The Morgan fingerprint density at radius 2 is 1.29 bits per heavy atom. The van der Waals surface area contributed by atoms with Gasteiger partial charge in [0.2, 0.25) is 0 Å². The summed E-state index contributed by atoms with van der Waals surface area (Å²) in [5.74, 6) is -0.696. The molecule has 1 aliphatic rings. The normalized spacial score (nSPS) is 12.7. The smallest absolute Gasteiger partial charge is 0.198 e. The molecule has 4 heteroatoms. The van der Waals surface area contributed by atoms with Gasteiger partial charge in [-0.05, 0) is 24.3 Å². The van der Waals surface area contributed by atoms with Crippen LogP contribution in [0.5, 0.6) is 5.75 Å². The molecule has 0 atom stereocenters. The predicted molar refractivity (Wildman–Crippen MR) is 92.0 cm³/mol. The molecule has 116 valence electrons. The van der Waals surface area contributed by atoms with E-state index in [1.54, 1.807) is 30.3 Å². The van der Waals surface area contributed by atoms with Crippen molar-refractivity contribution in [2.24, 2.45) is 0 Å². The predicted octanol–water partition coefficient (Wildman–Crippen LogP) is 4.32. The molecule has 0 spiro atoms. The molecule has 0 fully saturated rings. The quantitative estimate of drug-likeness (QED) is 0.594. The number of fused-ring (bicyclic) bond motifs is 2. The summed E-state index contributed by atoms with van der Waals surface area (Å²) in [7, 11) is 0. The van der Waals surface area contributed by atoms with Crippen LogP contribution in [0.25, 0.3) is 0 Å². The summed E-state index contributed by atoms with van der Waals surface area (Å²) >= 11 is 1.44. The first-order valence-electron chi connectivity index (χ1n) is 7.43. The zero-order valence-electron chi connectivity index (χ0n) is 12.5. The number of benzene rings is 3. The Kier molecular flexibility index (Phi) is 3.47. The molecule has 3 nitrogen and oxygen atoms in total. The van der Waals surface area contributed by atoms with E-state index in [0.717, 1.165) is 9.79 Å². The minimum absolute atomic E-state index is 0.0936. The molecule has 3 aromatic rings. The van der Waals surface area contributed by atoms with Gasteiger partial charge in [0.25, 0.3) is 0 Å². The highest BCUT2D eigenvalue weighted by molar-refractivity contribution is 7.99. The van der Waals surface area contributed by atoms with E-state index in [-0.39, 0.29) is 28.4 Å². The Balaban J connectivity index is 1.83. The molecule has 0 unspecified atom stereocenters. The molecule has 1 aliphatic carbocycles. The third-order valence-electron chi connectivity index (χ3n) is 3.96. The Labute approximate surface area is 143 Å². The fraction of sp³-hybridized carbons (Fsp3) is 0. The van der Waals surface area contributed by atoms with Gasteiger partial charge < -0.3 is 5.11 Å². The average Bonchev–Trinajstić information content (AvgIpc) is 2.60. The van der Waals surface area contributed by atoms with Crippen molar-refractivity contribution in [3.8, 4) is 5.75 Å². The number of phenolic OH excluding ortho intramolecular Hbond substituents is 1. The van der Waals surface area contributed by atoms with Crippen LogP contribution >= 0.6 is 11.8 Å². The SMILES string of the molecule is O=C1c2ccccc2C(=O)c2c(O)cc(Sc3ccccc3)cc21. The van der Waals surface area contributed by atoms with Crippen LogP contribution in [0.1, 0.15) is 31.8 Å². The maximum absolute atomic E-state index is 12.7. The van der Waals surface area contributed by atoms with E-state index in [9.17, 15) is 14.7 Å². The van der Waals surface area contributed by atoms with Gasteiger partial charge >= 0.3 is 0 Å². The Morgan fingerprint density at radius 1 is 0.667 bits per heavy atom. The third kappa shape index (κ3) is 2.32. The number of hydrogen-bond acceptors (Lipinski definition) is 4. The highest BCUT2D eigenvalue weighted by atomic mass is 32.2. The van der Waals surface area contributed by atoms with E-state index < -0.39 is 0 Å². The van der Waals surface area contributed by atoms with Crippen LogP contribution in [-0.4, -0.2) is 16.7 Å². The Morgan fingerprint density at radius 3 is 2.00 bits per heavy atom. The number of phenols is 1. The van der Waals surface area contributed by atoms with Gasteiger partial charge in [-0.2, -0.15) is 0 Å². The first kappa shape index (κ1) is 14.7. The molecule has 24 heavy (non-hydrogen) atoms. The van der Waals surface area contributed by atoms with Gasteiger partial charge in [0.05, 0.1) is 5.56 Å². The topological polar surface area (TPSA) is 54.4 Å². The van der Waals surface area contributed by atoms with Crippen molar-refractivity contribution in [2.45, 2.75) is 9.79 Å². The second kappa shape index (κ2) is 5.65. The molecule has 0 amide bonds. The fourth-order valence-corrected chi connectivity index (χ4v) is 3.77. The summed E-state index contributed by atoms with van der Waals surface area (Å²) in [5, 5.41) is 10.3. The molecule has 1 N–H and O–H groups in total. The number of rotatable bonds is 2. The maximum Gasteiger partial charge on any atom is 0.198 e. The molecular weight excluding hydrogens is 320 g/mol. The molecule has 3 aromatic carbocycles. The second-order valence-corrected chi connectivity index (χ2v) is 6.63. The minimum Gasteiger partial charge on any atom is -0.507 e. The monoisotopic (exact) mass is 332 g/mol. The number of carbonyl (C=O) groups is 2. The van der Waals surface area contributed by atoms with Gasteiger partial charge in [-0.15, -0.1) is 0 Å². The minimum atomic E-state index is -0.311. The van der Waals surface area contributed by atoms with E-state index in [2.05, 4.69) is 0 Å². The lowest BCUT2D eigenvalue weighted by Crippen LogP contribution is -2.21. The van der Waals surface area contributed by atoms with Crippen molar-refractivity contribution in [3.63, 3.8) is 0 Å². The molecule has 4 rings (SSSR count). The average molecular weight is 332 g/mol. The van der Waals surface area contributed by atoms with Crippen molar-refractivity contribution in [1.29, 1.82) is 0 Å². The fourth-order valence-electron chi connectivity index (χ4n) is 2.86. The number of aromatic hydroxyl groups is 1. The largest absolute Gasteiger partial charge is 0.507 e. The van der Waals surface area contributed by atoms with Crippen molar-refractivity contribution >= 4 is 23.3 Å². The number of ketones is 2. The summed E-state index contributed by atoms with van der Waals surface area (Å²) in [6, 6.07) is 19.6. The summed E-state index contributed by atoms with van der Waals surface area (Å²) < 4.78 is 0. The summed E-state index contributed by atoms with van der Waals surface area (Å²) in [6.07, 6.45) is 0. The molecule has 0 aromatic heterocycles. The van der Waals surface area contributed by atoms with Crippen molar-refractivity contribution < 1.29 is 14.7 Å². The van der Waals surface area contributed by atoms with Crippen LogP contribution < -0.4 is 0 Å². The molecule has 0 saturated carbocycles. The van der Waals surface area contributed by atoms with Crippen LogP contribution in [0.4, 0.5) is 0 Å². The Bertz CT molecular complexity index is 977. The highest BCUT2D eigenvalue weighted by Gasteiger charge is 2.32. The lowest BCUT2D eigenvalue weighted by atomic mass is 9.84. The van der Waals surface area contributed by atoms with Crippen molar-refractivity contribution in [1.82, 2.24) is 0 Å². The first-order valence-corrected chi connectivity index (χ1v) is 8.25. The zero-order valence-corrected chi connectivity index (χ0v) is 13.3. The molecule has 0 radical (unpaired) electrons. The van der Waals surface area contributed by atoms with Crippen molar-refractivity contribution in [3.05, 3.63) is 89.0 Å². The lowest BCUT2D eigenvalue weighted by molar-refractivity contribution is 0.0976. The van der Waals surface area contributed by atoms with E-state index in [1.165, 1.54) is 17.8 Å². The van der Waals surface area contributed by atoms with E-state index >= 15 is 0 Å². The van der Waals surface area contributed by atoms with E-state index in [0.29, 0.717) is 11.1 Å². The van der Waals surface area contributed by atoms with Gasteiger partial charge in [-0.1, -0.05) is 54.2 Å². The van der Waals surface area contributed by atoms with Gasteiger partial charge in [-0.3, -0.25) is 9.59 Å². The number of hydrogen-bond donors (Lipinski definition) is 1. The second-order valence-electron chi connectivity index (χ2n) is 5.48. The van der Waals surface area contributed by atoms with Crippen LogP contribution in [0.3, 0.4) is 0 Å². The van der Waals surface area contributed by atoms with Crippen LogP contribution in [0, 0.1) is 0 Å². The van der Waals surface area contributed by atoms with Crippen molar-refractivity contribution in [2.75, 3.05) is 0 Å². The Hall–Kier alpha value is -2.85. The number of carbonyl (C=O) groups excluding carboxylic acids is 2. The van der Waals surface area contributed by atoms with Gasteiger partial charge in [0.1, 0.15) is 5.75 Å². The van der Waals surface area contributed by atoms with Gasteiger partial charge in [0.15, 0.2) is 11.6 Å². The van der Waals surface area contributed by atoms with Crippen LogP contribution in [0.2, 0.25) is 0 Å². The highest BCUT2D eigenvalue weighted by Crippen LogP contribution is 2.38. The molecular formula is C20H12O3S. The van der Waals surface area contributed by atoms with Gasteiger partial charge in [0, 0.05) is 26.5 Å². The van der Waals surface area contributed by atoms with E-state index in [4.69, 9.17) is 0 Å². The standard InChI is InChI=1S/C20H12O3S/c21-17-11-13(24-12-6-2-1-3-7-12)10-16-18(17)20(23)15-9-5-4-8-14(15)19(16)22/h1-11,21H. The third-order valence-corrected chi connectivity index (χ3v) is 4.94. The summed E-state index contributed by atoms with van der Waals surface area (Å²) in [5.41, 5.74) is 1.08. The van der Waals surface area contributed by atoms with Crippen LogP contribution in [-0.2, 0) is 0 Å². The van der Waals surface area contributed by atoms with Crippen LogP contribution in [0.15, 0.2) is 76.5 Å². The van der Waals surface area contributed by atoms with Gasteiger partial charge in [-0.25, -0.2) is 0 Å².